The molecule has 1 heterocycles. The Balaban J connectivity index is 1.28. The van der Waals surface area contributed by atoms with Crippen LogP contribution in [0.5, 0.6) is 0 Å². The highest BCUT2D eigenvalue weighted by Gasteiger charge is 2.34. The van der Waals surface area contributed by atoms with Crippen molar-refractivity contribution in [3.8, 4) is 0 Å². The Morgan fingerprint density at radius 3 is 2.13 bits per heavy atom. The predicted molar refractivity (Wildman–Crippen MR) is 215 cm³/mol. The first kappa shape index (κ1) is 41.0. The molecule has 0 aromatic heterocycles. The zero-order valence-electron chi connectivity index (χ0n) is 32.8. The molecule has 0 bridgehead atoms. The van der Waals surface area contributed by atoms with Crippen LogP contribution in [0.25, 0.3) is 0 Å². The highest BCUT2D eigenvalue weighted by atomic mass is 16.2. The van der Waals surface area contributed by atoms with Gasteiger partial charge in [-0.3, -0.25) is 19.2 Å². The molecule has 6 amide bonds. The molecule has 11 nitrogen and oxygen atoms in total. The Hall–Kier alpha value is -5.19. The van der Waals surface area contributed by atoms with E-state index < -0.39 is 24.0 Å². The number of fused-ring (bicyclic) bond motifs is 1. The van der Waals surface area contributed by atoms with Crippen molar-refractivity contribution >= 4 is 35.3 Å². The maximum atomic E-state index is 14.1. The zero-order chi connectivity index (χ0) is 39.4. The molecule has 55 heavy (non-hydrogen) atoms. The number of benzene rings is 3. The molecule has 294 valence electrons. The second-order valence-electron chi connectivity index (χ2n) is 16.0. The van der Waals surface area contributed by atoms with Crippen LogP contribution in [0, 0.1) is 11.3 Å². The highest BCUT2D eigenvalue weighted by Crippen LogP contribution is 2.30. The van der Waals surface area contributed by atoms with Crippen molar-refractivity contribution < 1.29 is 24.0 Å². The molecule has 3 atom stereocenters. The molecule has 5 rings (SSSR count). The number of hydrogen-bond acceptors (Lipinski definition) is 5. The standard InChI is InChI=1S/C44H58N6O5/c1-5-50(34-19-10-7-11-20-34)42(54)33-25-27-49(28-26-33)43(55)48-38(29-39(51)45-30-44(2,3)4)41(53)47-37(24-23-31-15-8-6-9-16-31)40(52)46-36-22-14-18-32-17-12-13-21-35(32)36/h6-13,15-17,19-21,33,36-38H,5,14,18,22-30H2,1-4H3,(H,45,51)(H,46,52)(H,47,53)(H,48,55)/t36-,37+,38+/m1/s1. The predicted octanol–water partition coefficient (Wildman–Crippen LogP) is 5.69. The molecular weight excluding hydrogens is 693 g/mol. The number of aryl methyl sites for hydroxylation is 2. The average molecular weight is 751 g/mol. The molecule has 2 aliphatic rings. The van der Waals surface area contributed by atoms with Crippen molar-refractivity contribution in [2.45, 2.75) is 97.2 Å². The van der Waals surface area contributed by atoms with Crippen molar-refractivity contribution in [2.75, 3.05) is 31.1 Å². The fourth-order valence-electron chi connectivity index (χ4n) is 7.37. The second-order valence-corrected chi connectivity index (χ2v) is 16.0. The van der Waals surface area contributed by atoms with Gasteiger partial charge in [-0.05, 0) is 86.1 Å². The van der Waals surface area contributed by atoms with E-state index in [4.69, 9.17) is 0 Å². The van der Waals surface area contributed by atoms with Gasteiger partial charge in [0.25, 0.3) is 0 Å². The van der Waals surface area contributed by atoms with Gasteiger partial charge in [-0.25, -0.2) is 4.79 Å². The minimum Gasteiger partial charge on any atom is -0.355 e. The van der Waals surface area contributed by atoms with E-state index in [1.807, 2.05) is 107 Å². The van der Waals surface area contributed by atoms with Crippen LogP contribution in [-0.2, 0) is 32.0 Å². The lowest BCUT2D eigenvalue weighted by Crippen LogP contribution is -2.57. The molecule has 1 fully saturated rings. The van der Waals surface area contributed by atoms with E-state index >= 15 is 0 Å². The highest BCUT2D eigenvalue weighted by molar-refractivity contribution is 5.96. The van der Waals surface area contributed by atoms with Gasteiger partial charge in [0.1, 0.15) is 12.1 Å². The van der Waals surface area contributed by atoms with Crippen molar-refractivity contribution in [2.24, 2.45) is 11.3 Å². The normalized spacial score (nSPS) is 16.9. The molecular formula is C44H58N6O5. The van der Waals surface area contributed by atoms with Gasteiger partial charge in [0, 0.05) is 37.8 Å². The van der Waals surface area contributed by atoms with Gasteiger partial charge in [0.15, 0.2) is 0 Å². The van der Waals surface area contributed by atoms with Crippen molar-refractivity contribution in [3.63, 3.8) is 0 Å². The summed E-state index contributed by atoms with van der Waals surface area (Å²) in [4.78, 5) is 72.0. The first-order chi connectivity index (χ1) is 26.4. The number of anilines is 1. The number of urea groups is 1. The van der Waals surface area contributed by atoms with Gasteiger partial charge in [0.05, 0.1) is 12.5 Å². The third-order valence-corrected chi connectivity index (χ3v) is 10.5. The van der Waals surface area contributed by atoms with E-state index in [-0.39, 0.29) is 41.5 Å². The zero-order valence-corrected chi connectivity index (χ0v) is 32.8. The topological polar surface area (TPSA) is 140 Å². The summed E-state index contributed by atoms with van der Waals surface area (Å²) in [5, 5.41) is 11.8. The van der Waals surface area contributed by atoms with Gasteiger partial charge in [-0.2, -0.15) is 0 Å². The quantitative estimate of drug-likeness (QED) is 0.168. The summed E-state index contributed by atoms with van der Waals surface area (Å²) in [5.41, 5.74) is 3.97. The molecule has 11 heteroatoms. The Labute approximate surface area is 326 Å². The first-order valence-electron chi connectivity index (χ1n) is 19.8. The van der Waals surface area contributed by atoms with E-state index in [1.54, 1.807) is 9.80 Å². The number of nitrogens with one attached hydrogen (secondary N) is 4. The number of carbonyl (C=O) groups is 5. The number of piperidine rings is 1. The van der Waals surface area contributed by atoms with Gasteiger partial charge in [-0.15, -0.1) is 0 Å². The second kappa shape index (κ2) is 19.4. The number of hydrogen-bond donors (Lipinski definition) is 4. The van der Waals surface area contributed by atoms with Crippen LogP contribution in [0.15, 0.2) is 84.9 Å². The van der Waals surface area contributed by atoms with Crippen LogP contribution in [0.1, 0.15) is 89.0 Å². The van der Waals surface area contributed by atoms with Gasteiger partial charge < -0.3 is 31.1 Å². The third kappa shape index (κ3) is 11.9. The summed E-state index contributed by atoms with van der Waals surface area (Å²) in [6.07, 6.45) is 4.20. The summed E-state index contributed by atoms with van der Waals surface area (Å²) in [6.45, 7) is 9.50. The molecule has 1 aliphatic carbocycles. The molecule has 1 aliphatic heterocycles. The molecule has 0 spiro atoms. The molecule has 1 saturated heterocycles. The monoisotopic (exact) mass is 750 g/mol. The van der Waals surface area contributed by atoms with Crippen LogP contribution in [0.2, 0.25) is 0 Å². The molecule has 0 saturated carbocycles. The lowest BCUT2D eigenvalue weighted by Gasteiger charge is -2.35. The number of nitrogens with zero attached hydrogens (tertiary/aromatic N) is 2. The lowest BCUT2D eigenvalue weighted by atomic mass is 9.87. The summed E-state index contributed by atoms with van der Waals surface area (Å²) >= 11 is 0. The van der Waals surface area contributed by atoms with Crippen molar-refractivity contribution in [3.05, 3.63) is 102 Å². The first-order valence-corrected chi connectivity index (χ1v) is 19.8. The largest absolute Gasteiger partial charge is 0.355 e. The lowest BCUT2D eigenvalue weighted by molar-refractivity contribution is -0.132. The number of amides is 6. The SMILES string of the molecule is CCN(C(=O)C1CCN(C(=O)N[C@@H](CC(=O)NCC(C)(C)C)C(=O)N[C@@H](CCc2ccccc2)C(=O)N[C@@H]2CCCc3ccccc32)CC1)c1ccccc1. The van der Waals surface area contributed by atoms with Gasteiger partial charge >= 0.3 is 6.03 Å². The molecule has 3 aromatic rings. The summed E-state index contributed by atoms with van der Waals surface area (Å²) in [5.74, 6) is -1.52. The van der Waals surface area contributed by atoms with Crippen molar-refractivity contribution in [1.29, 1.82) is 0 Å². The minimum absolute atomic E-state index is 0.0260. The van der Waals surface area contributed by atoms with Crippen molar-refractivity contribution in [1.82, 2.24) is 26.2 Å². The molecule has 0 radical (unpaired) electrons. The Bertz CT molecular complexity index is 1750. The van der Waals surface area contributed by atoms with E-state index in [9.17, 15) is 24.0 Å². The van der Waals surface area contributed by atoms with E-state index in [2.05, 4.69) is 27.3 Å². The van der Waals surface area contributed by atoms with Gasteiger partial charge in [-0.1, -0.05) is 93.6 Å². The van der Waals surface area contributed by atoms with Crippen LogP contribution in [0.4, 0.5) is 10.5 Å². The maximum Gasteiger partial charge on any atom is 0.318 e. The average Bonchev–Trinajstić information content (AvgIpc) is 3.19. The minimum atomic E-state index is -1.23. The Kier molecular flexibility index (Phi) is 14.5. The Morgan fingerprint density at radius 2 is 1.45 bits per heavy atom. The maximum absolute atomic E-state index is 14.1. The van der Waals surface area contributed by atoms with Crippen LogP contribution < -0.4 is 26.2 Å². The van der Waals surface area contributed by atoms with Crippen LogP contribution in [0.3, 0.4) is 0 Å². The number of rotatable bonds is 14. The molecule has 4 N–H and O–H groups in total. The number of likely N-dealkylation sites (tertiary alicyclic amines) is 1. The smallest absolute Gasteiger partial charge is 0.318 e. The summed E-state index contributed by atoms with van der Waals surface area (Å²) in [7, 11) is 0. The Morgan fingerprint density at radius 1 is 0.800 bits per heavy atom. The van der Waals surface area contributed by atoms with E-state index in [0.717, 1.165) is 36.1 Å². The van der Waals surface area contributed by atoms with E-state index in [0.29, 0.717) is 51.9 Å². The number of carbonyl (C=O) groups excluding carboxylic acids is 5. The molecule has 3 aromatic carbocycles. The molecule has 0 unspecified atom stereocenters. The third-order valence-electron chi connectivity index (χ3n) is 10.5. The fraction of sp³-hybridized carbons (Fsp3) is 0.477. The van der Waals surface area contributed by atoms with Gasteiger partial charge in [0.2, 0.25) is 23.6 Å². The summed E-state index contributed by atoms with van der Waals surface area (Å²) in [6, 6.07) is 24.6. The van der Waals surface area contributed by atoms with E-state index in [1.165, 1.54) is 5.56 Å². The number of para-hydroxylation sites is 1. The fourth-order valence-corrected chi connectivity index (χ4v) is 7.37. The van der Waals surface area contributed by atoms with Crippen LogP contribution >= 0.6 is 0 Å². The van der Waals surface area contributed by atoms with Crippen LogP contribution in [-0.4, -0.2) is 72.8 Å². The summed E-state index contributed by atoms with van der Waals surface area (Å²) < 4.78 is 0.